The molecular formula is C26H25FN4O5. The summed E-state index contributed by atoms with van der Waals surface area (Å²) in [5.41, 5.74) is 0.00269. The molecule has 0 bridgehead atoms. The van der Waals surface area contributed by atoms with Crippen LogP contribution in [-0.2, 0) is 16.1 Å². The van der Waals surface area contributed by atoms with E-state index in [2.05, 4.69) is 10.3 Å². The van der Waals surface area contributed by atoms with Crippen molar-refractivity contribution in [2.75, 3.05) is 19.7 Å². The minimum Gasteiger partial charge on any atom is -0.459 e. The van der Waals surface area contributed by atoms with E-state index in [0.717, 1.165) is 5.56 Å². The van der Waals surface area contributed by atoms with E-state index < -0.39 is 23.5 Å². The van der Waals surface area contributed by atoms with Gasteiger partial charge in [-0.3, -0.25) is 24.3 Å². The smallest absolute Gasteiger partial charge is 0.289 e. The number of nitrogens with one attached hydrogen (secondary N) is 1. The predicted octanol–water partition coefficient (Wildman–Crippen LogP) is 2.60. The van der Waals surface area contributed by atoms with E-state index in [1.54, 1.807) is 35.5 Å². The molecule has 2 saturated heterocycles. The molecule has 186 valence electrons. The Bertz CT molecular complexity index is 1220. The molecule has 1 aromatic carbocycles. The van der Waals surface area contributed by atoms with Crippen LogP contribution in [0.5, 0.6) is 0 Å². The second kappa shape index (κ2) is 9.90. The molecule has 3 aromatic rings. The standard InChI is InChI=1S/C26H25FN4O5/c27-20-7-5-19(6-8-20)24(33)31-21(23(32)29-16-18-3-1-11-28-15-18)17-36-26(31)9-12-30(13-10-26)25(34)22-4-2-14-35-22/h1-8,11,14-15,21H,9-10,12-13,16-17H2,(H,29,32). The van der Waals surface area contributed by atoms with Crippen molar-refractivity contribution in [3.63, 3.8) is 0 Å². The molecule has 0 aliphatic carbocycles. The molecule has 4 heterocycles. The molecule has 0 radical (unpaired) electrons. The maximum absolute atomic E-state index is 13.7. The van der Waals surface area contributed by atoms with Crippen molar-refractivity contribution in [1.29, 1.82) is 0 Å². The Hall–Kier alpha value is -4.05. The molecule has 5 rings (SSSR count). The fourth-order valence-electron chi connectivity index (χ4n) is 4.72. The van der Waals surface area contributed by atoms with Crippen molar-refractivity contribution < 1.29 is 27.9 Å². The van der Waals surface area contributed by atoms with Crippen LogP contribution in [0.3, 0.4) is 0 Å². The van der Waals surface area contributed by atoms with E-state index >= 15 is 0 Å². The summed E-state index contributed by atoms with van der Waals surface area (Å²) in [7, 11) is 0. The quantitative estimate of drug-likeness (QED) is 0.587. The third-order valence-electron chi connectivity index (χ3n) is 6.63. The first-order chi connectivity index (χ1) is 17.5. The average molecular weight is 493 g/mol. The Morgan fingerprint density at radius 1 is 1.06 bits per heavy atom. The second-order valence-electron chi connectivity index (χ2n) is 8.80. The number of benzene rings is 1. The summed E-state index contributed by atoms with van der Waals surface area (Å²) in [6.45, 7) is 0.894. The van der Waals surface area contributed by atoms with Crippen LogP contribution in [0, 0.1) is 5.82 Å². The number of piperidine rings is 1. The van der Waals surface area contributed by atoms with Crippen LogP contribution >= 0.6 is 0 Å². The van der Waals surface area contributed by atoms with Crippen LogP contribution in [0.4, 0.5) is 4.39 Å². The highest BCUT2D eigenvalue weighted by atomic mass is 19.1. The van der Waals surface area contributed by atoms with E-state index in [9.17, 15) is 18.8 Å². The number of hydrogen-bond acceptors (Lipinski definition) is 6. The first-order valence-corrected chi connectivity index (χ1v) is 11.7. The molecule has 10 heteroatoms. The van der Waals surface area contributed by atoms with Crippen LogP contribution in [0.2, 0.25) is 0 Å². The van der Waals surface area contributed by atoms with Crippen LogP contribution < -0.4 is 5.32 Å². The summed E-state index contributed by atoms with van der Waals surface area (Å²) >= 11 is 0. The lowest BCUT2D eigenvalue weighted by Gasteiger charge is -2.44. The van der Waals surface area contributed by atoms with Gasteiger partial charge in [-0.2, -0.15) is 0 Å². The zero-order valence-corrected chi connectivity index (χ0v) is 19.4. The number of hydrogen-bond donors (Lipinski definition) is 1. The van der Waals surface area contributed by atoms with Gasteiger partial charge < -0.3 is 19.4 Å². The van der Waals surface area contributed by atoms with Crippen LogP contribution in [0.25, 0.3) is 0 Å². The molecule has 2 fully saturated rings. The summed E-state index contributed by atoms with van der Waals surface area (Å²) in [5, 5.41) is 2.86. The number of furan rings is 1. The molecule has 36 heavy (non-hydrogen) atoms. The Balaban J connectivity index is 1.36. The number of amides is 3. The molecule has 1 N–H and O–H groups in total. The van der Waals surface area contributed by atoms with E-state index in [-0.39, 0.29) is 36.3 Å². The summed E-state index contributed by atoms with van der Waals surface area (Å²) in [6, 6.07) is 11.2. The number of aromatic nitrogens is 1. The minimum atomic E-state index is -1.07. The number of carbonyl (C=O) groups excluding carboxylic acids is 3. The molecule has 9 nitrogen and oxygen atoms in total. The minimum absolute atomic E-state index is 0.0118. The highest BCUT2D eigenvalue weighted by molar-refractivity contribution is 5.98. The van der Waals surface area contributed by atoms with Gasteiger partial charge in [-0.1, -0.05) is 6.07 Å². The third kappa shape index (κ3) is 4.59. The maximum atomic E-state index is 13.7. The van der Waals surface area contributed by atoms with Gasteiger partial charge in [0.05, 0.1) is 12.9 Å². The van der Waals surface area contributed by atoms with E-state index in [1.807, 2.05) is 6.07 Å². The van der Waals surface area contributed by atoms with Gasteiger partial charge >= 0.3 is 0 Å². The number of ether oxygens (including phenoxy) is 1. The number of likely N-dealkylation sites (tertiary alicyclic amines) is 1. The lowest BCUT2D eigenvalue weighted by molar-refractivity contribution is -0.128. The zero-order chi connectivity index (χ0) is 25.1. The van der Waals surface area contributed by atoms with Gasteiger partial charge in [0.2, 0.25) is 5.91 Å². The SMILES string of the molecule is O=C(NCc1cccnc1)C1COC2(CCN(C(=O)c3ccco3)CC2)N1C(=O)c1ccc(F)cc1. The molecule has 3 amide bonds. The van der Waals surface area contributed by atoms with Crippen LogP contribution in [-0.4, -0.2) is 64.0 Å². The first kappa shape index (κ1) is 23.7. The monoisotopic (exact) mass is 492 g/mol. The Labute approximate surface area is 206 Å². The maximum Gasteiger partial charge on any atom is 0.289 e. The Morgan fingerprint density at radius 2 is 1.83 bits per heavy atom. The van der Waals surface area contributed by atoms with Gasteiger partial charge in [-0.05, 0) is 48.0 Å². The largest absolute Gasteiger partial charge is 0.459 e. The van der Waals surface area contributed by atoms with Gasteiger partial charge in [0.25, 0.3) is 11.8 Å². The second-order valence-corrected chi connectivity index (χ2v) is 8.80. The first-order valence-electron chi connectivity index (χ1n) is 11.7. The van der Waals surface area contributed by atoms with Gasteiger partial charge in [0, 0.05) is 50.4 Å². The van der Waals surface area contributed by atoms with Crippen LogP contribution in [0.15, 0.2) is 71.6 Å². The van der Waals surface area contributed by atoms with E-state index in [1.165, 1.54) is 35.4 Å². The summed E-state index contributed by atoms with van der Waals surface area (Å²) in [6.07, 6.45) is 5.38. The highest BCUT2D eigenvalue weighted by Crippen LogP contribution is 2.39. The highest BCUT2D eigenvalue weighted by Gasteiger charge is 2.54. The van der Waals surface area contributed by atoms with Crippen LogP contribution in [0.1, 0.15) is 39.3 Å². The zero-order valence-electron chi connectivity index (χ0n) is 19.4. The van der Waals surface area contributed by atoms with Crippen molar-refractivity contribution in [3.8, 4) is 0 Å². The molecule has 1 unspecified atom stereocenters. The van der Waals surface area contributed by atoms with Gasteiger partial charge in [0.1, 0.15) is 17.6 Å². The van der Waals surface area contributed by atoms with Crippen molar-refractivity contribution in [2.24, 2.45) is 0 Å². The van der Waals surface area contributed by atoms with Crippen molar-refractivity contribution in [1.82, 2.24) is 20.1 Å². The lowest BCUT2D eigenvalue weighted by atomic mass is 9.96. The van der Waals surface area contributed by atoms with Gasteiger partial charge in [-0.15, -0.1) is 0 Å². The molecular weight excluding hydrogens is 467 g/mol. The molecule has 1 spiro atoms. The predicted molar refractivity (Wildman–Crippen MR) is 125 cm³/mol. The number of nitrogens with zero attached hydrogens (tertiary/aromatic N) is 3. The summed E-state index contributed by atoms with van der Waals surface area (Å²) in [4.78, 5) is 46.8. The van der Waals surface area contributed by atoms with Crippen molar-refractivity contribution >= 4 is 17.7 Å². The number of halogens is 1. The number of carbonyl (C=O) groups is 3. The third-order valence-corrected chi connectivity index (χ3v) is 6.63. The Morgan fingerprint density at radius 3 is 2.50 bits per heavy atom. The molecule has 2 aliphatic heterocycles. The molecule has 0 saturated carbocycles. The topological polar surface area (TPSA) is 105 Å². The summed E-state index contributed by atoms with van der Waals surface area (Å²) in [5.74, 6) is -1.25. The summed E-state index contributed by atoms with van der Waals surface area (Å²) < 4.78 is 24.9. The Kier molecular flexibility index (Phi) is 6.51. The lowest BCUT2D eigenvalue weighted by Crippen LogP contribution is -2.59. The van der Waals surface area contributed by atoms with E-state index in [4.69, 9.17) is 9.15 Å². The molecule has 2 aliphatic rings. The molecule has 1 atom stereocenters. The number of pyridine rings is 1. The number of rotatable bonds is 5. The normalized spacial score (nSPS) is 18.9. The van der Waals surface area contributed by atoms with Gasteiger partial charge in [-0.25, -0.2) is 4.39 Å². The van der Waals surface area contributed by atoms with Gasteiger partial charge in [0.15, 0.2) is 5.76 Å². The fraction of sp³-hybridized carbons (Fsp3) is 0.308. The van der Waals surface area contributed by atoms with Crippen molar-refractivity contribution in [2.45, 2.75) is 31.2 Å². The van der Waals surface area contributed by atoms with E-state index in [0.29, 0.717) is 25.9 Å². The fourth-order valence-corrected chi connectivity index (χ4v) is 4.72. The average Bonchev–Trinajstić information content (AvgIpc) is 3.57. The van der Waals surface area contributed by atoms with Crippen molar-refractivity contribution in [3.05, 3.63) is 89.9 Å². The molecule has 2 aromatic heterocycles.